The summed E-state index contributed by atoms with van der Waals surface area (Å²) in [5, 5.41) is 15.2. The van der Waals surface area contributed by atoms with E-state index in [1.54, 1.807) is 33.2 Å². The molecule has 376 valence electrons. The summed E-state index contributed by atoms with van der Waals surface area (Å²) in [6.45, 7) is 10.9. The molecule has 0 spiro atoms. The molecule has 0 fully saturated rings. The van der Waals surface area contributed by atoms with Gasteiger partial charge in [0.1, 0.15) is 22.6 Å². The van der Waals surface area contributed by atoms with Crippen LogP contribution in [0.25, 0.3) is 99.8 Å². The van der Waals surface area contributed by atoms with Gasteiger partial charge in [0.2, 0.25) is 0 Å². The summed E-state index contributed by atoms with van der Waals surface area (Å²) >= 11 is 1.43. The number of fused-ring (bicyclic) bond motifs is 6. The van der Waals surface area contributed by atoms with E-state index in [1.165, 1.54) is 23.7 Å². The van der Waals surface area contributed by atoms with Crippen molar-refractivity contribution >= 4 is 116 Å². The molecule has 0 radical (unpaired) electrons. The van der Waals surface area contributed by atoms with E-state index in [-0.39, 0.29) is 0 Å². The normalized spacial score (nSPS) is 12.0. The first-order valence-corrected chi connectivity index (χ1v) is 35.0. The van der Waals surface area contributed by atoms with E-state index in [1.807, 2.05) is 118 Å². The first kappa shape index (κ1) is 50.6. The fraction of sp³-hybridized carbons (Fsp3) is 0.193. The molecule has 0 aliphatic heterocycles. The molecule has 0 unspecified atom stereocenters. The number of pyridine rings is 4. The third-order valence-corrected chi connectivity index (χ3v) is 18.0. The van der Waals surface area contributed by atoms with Crippen LogP contribution in [0.1, 0.15) is 41.5 Å². The second kappa shape index (κ2) is 20.1. The number of carbonyl (C=O) groups is 2. The summed E-state index contributed by atoms with van der Waals surface area (Å²) in [7, 11) is 0. The van der Waals surface area contributed by atoms with Crippen LogP contribution in [0.5, 0.6) is 0 Å². The number of halogens is 1. The minimum atomic E-state index is -1.99. The van der Waals surface area contributed by atoms with Crippen LogP contribution in [-0.4, -0.2) is 101 Å². The number of hydrogen-bond donors (Lipinski definition) is 2. The topological polar surface area (TPSA) is 197 Å². The van der Waals surface area contributed by atoms with Crippen LogP contribution < -0.4 is 3.58 Å². The van der Waals surface area contributed by atoms with Crippen molar-refractivity contribution in [3.63, 3.8) is 0 Å². The van der Waals surface area contributed by atoms with Gasteiger partial charge in [-0.3, -0.25) is 4.98 Å². The van der Waals surface area contributed by atoms with Gasteiger partial charge < -0.3 is 19.4 Å². The molecule has 0 atom stereocenters. The van der Waals surface area contributed by atoms with Crippen molar-refractivity contribution in [3.05, 3.63) is 151 Å². The number of carbonyl (C=O) groups excluding carboxylic acids is 2. The Morgan fingerprint density at radius 3 is 1.55 bits per heavy atom. The van der Waals surface area contributed by atoms with Gasteiger partial charge in [0, 0.05) is 45.8 Å². The summed E-state index contributed by atoms with van der Waals surface area (Å²) in [4.78, 5) is 66.5. The molecule has 0 aliphatic carbocycles. The van der Waals surface area contributed by atoms with E-state index < -0.39 is 41.8 Å². The molecule has 16 nitrogen and oxygen atoms in total. The quantitative estimate of drug-likeness (QED) is 0.158. The van der Waals surface area contributed by atoms with Crippen LogP contribution in [-0.2, 0) is 9.47 Å². The van der Waals surface area contributed by atoms with Crippen LogP contribution in [0.3, 0.4) is 0 Å². The Balaban J connectivity index is 0.000000140. The number of nitrogens with zero attached hydrogens (tertiary/aromatic N) is 10. The predicted molar refractivity (Wildman–Crippen MR) is 302 cm³/mol. The average Bonchev–Trinajstić information content (AvgIpc) is 4.18. The van der Waals surface area contributed by atoms with E-state index in [0.29, 0.717) is 45.1 Å². The summed E-state index contributed by atoms with van der Waals surface area (Å²) in [6, 6.07) is 35.9. The molecule has 2 N–H and O–H groups in total. The zero-order valence-electron chi connectivity index (χ0n) is 42.8. The Labute approximate surface area is 444 Å². The summed E-state index contributed by atoms with van der Waals surface area (Å²) in [5.41, 5.74) is 5.77. The fourth-order valence-electron chi connectivity index (χ4n) is 8.53. The Morgan fingerprint density at radius 2 is 1.01 bits per heavy atom. The van der Waals surface area contributed by atoms with Gasteiger partial charge in [0.25, 0.3) is 0 Å². The van der Waals surface area contributed by atoms with E-state index in [4.69, 9.17) is 14.5 Å². The summed E-state index contributed by atoms with van der Waals surface area (Å²) in [6.07, 6.45) is 9.85. The molecular formula is C57H53BrN12O4Sn. The number of para-hydroxylation sites is 4. The standard InChI is InChI=1S/C27H22N6O2.C18H16BrN5O2.C9H6N.3CH3.Sn/c1-27(2,3)35-26(34)33-25-19(23(32-33)24-30-21-10-6-7-11-22(21)31-24)12-17(14-29-25)20-15-28-13-16-8-4-5-9-18(16)20;1-18(2,3)26-17(25)24-16-11(8-10(19)9-20-16)14(23-24)15-21-12-6-4-5-7-13(12)22-15;1-2-4-9-7-10-6-5-8(9)3-1;;;;/h4-15H,1-3H3,(H,30,31);4-9H,1-3H3,(H,21,22);1-4,6-7H;3*1H3;. The number of rotatable bonds is 4. The van der Waals surface area contributed by atoms with Crippen LogP contribution in [0, 0.1) is 0 Å². The summed E-state index contributed by atoms with van der Waals surface area (Å²) in [5.74, 6) is 1.12. The molecule has 4 aromatic carbocycles. The van der Waals surface area contributed by atoms with Gasteiger partial charge in [-0.2, -0.15) is 10.2 Å². The van der Waals surface area contributed by atoms with Crippen molar-refractivity contribution in [1.29, 1.82) is 0 Å². The Morgan fingerprint density at radius 1 is 0.547 bits per heavy atom. The molecular weight excluding hydrogens is 1120 g/mol. The second-order valence-electron chi connectivity index (χ2n) is 20.9. The van der Waals surface area contributed by atoms with Crippen LogP contribution in [0.2, 0.25) is 14.8 Å². The third kappa shape index (κ3) is 10.9. The van der Waals surface area contributed by atoms with Gasteiger partial charge in [-0.25, -0.2) is 29.5 Å². The Bertz CT molecular complexity index is 4050. The number of aromatic amines is 2. The average molecular weight is 1170 g/mol. The minimum absolute atomic E-state index is 0.395. The SMILES string of the molecule is CC(C)(C)OC(=O)n1nc(-c2nc3ccccc3[nH]2)c2cc(-c3cncc4ccccc34)cnc21.CC(C)(C)OC(=O)n1nc(-c2nc3ccccc3[nH]2)c2cc(Br)cnc21.[CH3][Sn]([CH3])([CH3])[c]1cncc2ccccc12. The van der Waals surface area contributed by atoms with Crippen molar-refractivity contribution in [2.24, 2.45) is 0 Å². The zero-order chi connectivity index (χ0) is 52.8. The van der Waals surface area contributed by atoms with Gasteiger partial charge in [-0.15, -0.1) is 9.36 Å². The molecule has 0 aliphatic rings. The summed E-state index contributed by atoms with van der Waals surface area (Å²) < 4.78 is 15.7. The molecule has 75 heavy (non-hydrogen) atoms. The van der Waals surface area contributed by atoms with Gasteiger partial charge >= 0.3 is 101 Å². The van der Waals surface area contributed by atoms with Gasteiger partial charge in [-0.05, 0) is 99.3 Å². The van der Waals surface area contributed by atoms with Crippen LogP contribution >= 0.6 is 15.9 Å². The first-order valence-electron chi connectivity index (χ1n) is 24.2. The van der Waals surface area contributed by atoms with Gasteiger partial charge in [0.15, 0.2) is 22.9 Å². The van der Waals surface area contributed by atoms with E-state index >= 15 is 0 Å². The molecule has 0 amide bonds. The zero-order valence-corrected chi connectivity index (χ0v) is 47.3. The van der Waals surface area contributed by atoms with E-state index in [2.05, 4.69) is 112 Å². The molecule has 8 heterocycles. The van der Waals surface area contributed by atoms with Crippen molar-refractivity contribution < 1.29 is 19.1 Å². The van der Waals surface area contributed by atoms with E-state index in [9.17, 15) is 9.59 Å². The molecule has 12 aromatic rings. The second-order valence-corrected chi connectivity index (χ2v) is 36.2. The van der Waals surface area contributed by atoms with Crippen molar-refractivity contribution in [3.8, 4) is 34.2 Å². The third-order valence-electron chi connectivity index (χ3n) is 11.8. The molecule has 8 aromatic heterocycles. The fourth-order valence-corrected chi connectivity index (χ4v) is 13.1. The number of hydrogen-bond acceptors (Lipinski definition) is 12. The molecule has 0 saturated heterocycles. The molecule has 12 rings (SSSR count). The first-order chi connectivity index (χ1) is 35.8. The number of aromatic nitrogens is 12. The van der Waals surface area contributed by atoms with Gasteiger partial charge in [-0.1, -0.05) is 48.5 Å². The van der Waals surface area contributed by atoms with Crippen LogP contribution in [0.15, 0.2) is 151 Å². The maximum absolute atomic E-state index is 13.0. The number of nitrogens with one attached hydrogen (secondary N) is 2. The number of benzene rings is 4. The molecule has 0 saturated carbocycles. The van der Waals surface area contributed by atoms with Crippen molar-refractivity contribution in [2.75, 3.05) is 0 Å². The van der Waals surface area contributed by atoms with E-state index in [0.717, 1.165) is 48.4 Å². The number of H-pyrrole nitrogens is 2. The van der Waals surface area contributed by atoms with Gasteiger partial charge in [0.05, 0.1) is 32.8 Å². The monoisotopic (exact) mass is 1170 g/mol. The number of imidazole rings is 2. The maximum atomic E-state index is 13.0. The molecule has 0 bridgehead atoms. The van der Waals surface area contributed by atoms with Crippen molar-refractivity contribution in [2.45, 2.75) is 67.6 Å². The van der Waals surface area contributed by atoms with Crippen LogP contribution in [0.4, 0.5) is 9.59 Å². The number of ether oxygens (including phenoxy) is 2. The Hall–Kier alpha value is -7.90. The Kier molecular flexibility index (Phi) is 13.6. The predicted octanol–water partition coefficient (Wildman–Crippen LogP) is 13.3. The van der Waals surface area contributed by atoms with Crippen molar-refractivity contribution in [1.82, 2.24) is 59.4 Å². The molecule has 18 heteroatoms.